The first-order valence-electron chi connectivity index (χ1n) is 5.81. The van der Waals surface area contributed by atoms with Crippen LogP contribution in [0.5, 0.6) is 0 Å². The summed E-state index contributed by atoms with van der Waals surface area (Å²) in [6.45, 7) is 3.79. The Morgan fingerprint density at radius 1 is 1.44 bits per heavy atom. The van der Waals surface area contributed by atoms with Crippen molar-refractivity contribution < 1.29 is 9.47 Å². The van der Waals surface area contributed by atoms with E-state index in [4.69, 9.17) is 9.47 Å². The van der Waals surface area contributed by atoms with Crippen molar-refractivity contribution in [3.63, 3.8) is 0 Å². The van der Waals surface area contributed by atoms with Gasteiger partial charge in [-0.25, -0.2) is 0 Å². The van der Waals surface area contributed by atoms with Gasteiger partial charge in [-0.15, -0.1) is 0 Å². The summed E-state index contributed by atoms with van der Waals surface area (Å²) in [5, 5.41) is 0. The second-order valence-corrected chi connectivity index (χ2v) is 4.14. The first-order chi connectivity index (χ1) is 7.86. The molecule has 0 bridgehead atoms. The average Bonchev–Trinajstić information content (AvgIpc) is 3.13. The summed E-state index contributed by atoms with van der Waals surface area (Å²) < 4.78 is 10.6. The second-order valence-electron chi connectivity index (χ2n) is 4.14. The van der Waals surface area contributed by atoms with Crippen molar-refractivity contribution >= 4 is 5.57 Å². The van der Waals surface area contributed by atoms with Gasteiger partial charge in [0.15, 0.2) is 0 Å². The van der Waals surface area contributed by atoms with Crippen LogP contribution in [0.15, 0.2) is 36.6 Å². The summed E-state index contributed by atoms with van der Waals surface area (Å²) >= 11 is 0. The molecule has 1 aliphatic heterocycles. The maximum atomic E-state index is 5.51. The number of benzene rings is 1. The van der Waals surface area contributed by atoms with E-state index in [2.05, 4.69) is 19.1 Å². The van der Waals surface area contributed by atoms with Crippen LogP contribution in [0.25, 0.3) is 5.57 Å². The van der Waals surface area contributed by atoms with Crippen molar-refractivity contribution in [2.45, 2.75) is 25.9 Å². The van der Waals surface area contributed by atoms with Gasteiger partial charge in [-0.2, -0.15) is 0 Å². The molecule has 0 N–H and O–H groups in total. The minimum absolute atomic E-state index is 0.516. The Hall–Kier alpha value is -1.28. The van der Waals surface area contributed by atoms with Crippen molar-refractivity contribution in [2.24, 2.45) is 0 Å². The third kappa shape index (κ3) is 3.70. The zero-order valence-electron chi connectivity index (χ0n) is 9.69. The number of allylic oxidation sites excluding steroid dienone is 1. The summed E-state index contributed by atoms with van der Waals surface area (Å²) in [6.07, 6.45) is 4.56. The van der Waals surface area contributed by atoms with Crippen LogP contribution in [0.3, 0.4) is 0 Å². The van der Waals surface area contributed by atoms with Crippen molar-refractivity contribution in [1.82, 2.24) is 0 Å². The van der Waals surface area contributed by atoms with Crippen LogP contribution < -0.4 is 0 Å². The fraction of sp³-hybridized carbons (Fsp3) is 0.429. The lowest BCUT2D eigenvalue weighted by molar-refractivity contribution is 0.237. The number of ether oxygens (including phenoxy) is 2. The van der Waals surface area contributed by atoms with Gasteiger partial charge in [0.1, 0.15) is 0 Å². The molecule has 1 aromatic carbocycles. The zero-order valence-corrected chi connectivity index (χ0v) is 9.69. The van der Waals surface area contributed by atoms with Gasteiger partial charge < -0.3 is 9.47 Å². The molecule has 16 heavy (non-hydrogen) atoms. The Bertz CT molecular complexity index is 339. The number of epoxide rings is 1. The molecule has 1 atom stereocenters. The second kappa shape index (κ2) is 5.71. The lowest BCUT2D eigenvalue weighted by Gasteiger charge is -2.03. The molecule has 1 aliphatic rings. The Labute approximate surface area is 96.9 Å². The zero-order chi connectivity index (χ0) is 11.2. The molecule has 2 nitrogen and oxygen atoms in total. The van der Waals surface area contributed by atoms with Gasteiger partial charge in [-0.05, 0) is 30.9 Å². The highest BCUT2D eigenvalue weighted by Gasteiger charge is 2.20. The highest BCUT2D eigenvalue weighted by Crippen LogP contribution is 2.16. The highest BCUT2D eigenvalue weighted by molar-refractivity contribution is 5.62. The van der Waals surface area contributed by atoms with Crippen LogP contribution in [0.2, 0.25) is 0 Å². The van der Waals surface area contributed by atoms with Gasteiger partial charge in [-0.3, -0.25) is 0 Å². The van der Waals surface area contributed by atoms with E-state index in [1.165, 1.54) is 11.1 Å². The molecule has 1 heterocycles. The van der Waals surface area contributed by atoms with Crippen molar-refractivity contribution in [1.29, 1.82) is 0 Å². The van der Waals surface area contributed by atoms with Gasteiger partial charge >= 0.3 is 0 Å². The van der Waals surface area contributed by atoms with Crippen molar-refractivity contribution in [3.05, 3.63) is 42.2 Å². The summed E-state index contributed by atoms with van der Waals surface area (Å²) in [6, 6.07) is 10.3. The van der Waals surface area contributed by atoms with Gasteiger partial charge in [0.2, 0.25) is 0 Å². The van der Waals surface area contributed by atoms with E-state index in [9.17, 15) is 0 Å². The molecule has 2 rings (SSSR count). The number of hydrogen-bond donors (Lipinski definition) is 0. The van der Waals surface area contributed by atoms with Crippen LogP contribution in [-0.2, 0) is 9.47 Å². The molecule has 0 saturated carbocycles. The normalized spacial score (nSPS) is 19.6. The lowest BCUT2D eigenvalue weighted by Crippen LogP contribution is -1.92. The average molecular weight is 218 g/mol. The molecular formula is C14H18O2. The molecule has 1 aromatic rings. The molecule has 0 amide bonds. The molecule has 1 fully saturated rings. The minimum atomic E-state index is 0.516. The van der Waals surface area contributed by atoms with Gasteiger partial charge in [-0.1, -0.05) is 30.3 Å². The third-order valence-corrected chi connectivity index (χ3v) is 2.68. The van der Waals surface area contributed by atoms with Gasteiger partial charge in [0, 0.05) is 0 Å². The van der Waals surface area contributed by atoms with E-state index in [1.807, 2.05) is 24.5 Å². The largest absolute Gasteiger partial charge is 0.501 e. The standard InChI is InChI=1S/C14H18O2/c1-12(13-6-3-2-4-7-13)10-15-9-5-8-14-11-16-14/h2-4,6-7,10,14H,5,8-9,11H2,1H3/b12-10-. The number of hydrogen-bond acceptors (Lipinski definition) is 2. The number of rotatable bonds is 6. The molecule has 0 radical (unpaired) electrons. The summed E-state index contributed by atoms with van der Waals surface area (Å²) in [4.78, 5) is 0. The van der Waals surface area contributed by atoms with Crippen LogP contribution in [0.4, 0.5) is 0 Å². The molecular weight excluding hydrogens is 200 g/mol. The monoisotopic (exact) mass is 218 g/mol. The molecule has 0 spiro atoms. The molecule has 2 heteroatoms. The van der Waals surface area contributed by atoms with Gasteiger partial charge in [0.25, 0.3) is 0 Å². The highest BCUT2D eigenvalue weighted by atomic mass is 16.6. The first kappa shape index (κ1) is 11.2. The fourth-order valence-electron chi connectivity index (χ4n) is 1.58. The summed E-state index contributed by atoms with van der Waals surface area (Å²) in [7, 11) is 0. The minimum Gasteiger partial charge on any atom is -0.501 e. The quantitative estimate of drug-likeness (QED) is 0.415. The maximum Gasteiger partial charge on any atom is 0.0874 e. The van der Waals surface area contributed by atoms with Crippen LogP contribution in [-0.4, -0.2) is 19.3 Å². The van der Waals surface area contributed by atoms with E-state index < -0.39 is 0 Å². The molecule has 1 unspecified atom stereocenters. The van der Waals surface area contributed by atoms with Crippen LogP contribution in [0.1, 0.15) is 25.3 Å². The first-order valence-corrected chi connectivity index (χ1v) is 5.81. The predicted octanol–water partition coefficient (Wildman–Crippen LogP) is 3.24. The Kier molecular flexibility index (Phi) is 4.00. The van der Waals surface area contributed by atoms with Gasteiger partial charge in [0.05, 0.1) is 25.6 Å². The summed E-state index contributed by atoms with van der Waals surface area (Å²) in [5.41, 5.74) is 2.39. The predicted molar refractivity (Wildman–Crippen MR) is 65.0 cm³/mol. The Morgan fingerprint density at radius 2 is 2.19 bits per heavy atom. The lowest BCUT2D eigenvalue weighted by atomic mass is 10.1. The third-order valence-electron chi connectivity index (χ3n) is 2.68. The van der Waals surface area contributed by atoms with Crippen molar-refractivity contribution in [3.8, 4) is 0 Å². The Morgan fingerprint density at radius 3 is 2.88 bits per heavy atom. The van der Waals surface area contributed by atoms with E-state index in [1.54, 1.807) is 0 Å². The Balaban J connectivity index is 1.69. The molecule has 1 saturated heterocycles. The summed E-state index contributed by atoms with van der Waals surface area (Å²) in [5.74, 6) is 0. The van der Waals surface area contributed by atoms with E-state index in [0.717, 1.165) is 26.1 Å². The van der Waals surface area contributed by atoms with E-state index in [-0.39, 0.29) is 0 Å². The molecule has 0 aliphatic carbocycles. The SMILES string of the molecule is C/C(=C/OCCCC1CO1)c1ccccc1. The molecule has 0 aromatic heterocycles. The maximum absolute atomic E-state index is 5.51. The van der Waals surface area contributed by atoms with Crippen molar-refractivity contribution in [2.75, 3.05) is 13.2 Å². The van der Waals surface area contributed by atoms with Crippen LogP contribution in [0, 0.1) is 0 Å². The van der Waals surface area contributed by atoms with E-state index in [0.29, 0.717) is 6.10 Å². The van der Waals surface area contributed by atoms with E-state index >= 15 is 0 Å². The topological polar surface area (TPSA) is 21.8 Å². The fourth-order valence-corrected chi connectivity index (χ4v) is 1.58. The molecule has 86 valence electrons. The van der Waals surface area contributed by atoms with Crippen LogP contribution >= 0.6 is 0 Å². The smallest absolute Gasteiger partial charge is 0.0874 e.